The van der Waals surface area contributed by atoms with Crippen LogP contribution in [0, 0.1) is 0 Å². The molecule has 0 atom stereocenters. The van der Waals surface area contributed by atoms with Crippen molar-refractivity contribution in [3.8, 4) is 22.7 Å². The Morgan fingerprint density at radius 1 is 1.14 bits per heavy atom. The predicted octanol–water partition coefficient (Wildman–Crippen LogP) is 5.16. The molecule has 2 aromatic carbocycles. The number of aromatic nitrogens is 2. The van der Waals surface area contributed by atoms with Crippen LogP contribution in [0.2, 0.25) is 5.02 Å². The quantitative estimate of drug-likeness (QED) is 0.418. The van der Waals surface area contributed by atoms with Gasteiger partial charge in [0, 0.05) is 22.3 Å². The van der Waals surface area contributed by atoms with Gasteiger partial charge in [0.2, 0.25) is 5.12 Å². The second kappa shape index (κ2) is 8.27. The van der Waals surface area contributed by atoms with Crippen LogP contribution >= 0.6 is 23.4 Å². The number of hydrogen-bond acceptors (Lipinski definition) is 5. The van der Waals surface area contributed by atoms with Crippen molar-refractivity contribution < 1.29 is 14.3 Å². The van der Waals surface area contributed by atoms with Crippen molar-refractivity contribution in [2.75, 3.05) is 6.61 Å². The summed E-state index contributed by atoms with van der Waals surface area (Å²) in [6, 6.07) is 14.9. The fourth-order valence-corrected chi connectivity index (χ4v) is 3.95. The molecule has 29 heavy (non-hydrogen) atoms. The molecule has 3 aromatic rings. The van der Waals surface area contributed by atoms with Crippen LogP contribution in [0.5, 0.6) is 5.75 Å². The topological polar surface area (TPSA) is 61.2 Å². The summed E-state index contributed by atoms with van der Waals surface area (Å²) in [6.45, 7) is 2.53. The molecule has 1 fully saturated rings. The van der Waals surface area contributed by atoms with Crippen LogP contribution in [-0.2, 0) is 9.59 Å². The van der Waals surface area contributed by atoms with Gasteiger partial charge in [-0.05, 0) is 73.3 Å². The maximum absolute atomic E-state index is 12.1. The summed E-state index contributed by atoms with van der Waals surface area (Å²) in [5, 5.41) is 5.23. The highest BCUT2D eigenvalue weighted by atomic mass is 35.5. The Balaban J connectivity index is 1.79. The zero-order valence-electron chi connectivity index (χ0n) is 15.6. The van der Waals surface area contributed by atoms with Gasteiger partial charge in [0.1, 0.15) is 5.75 Å². The van der Waals surface area contributed by atoms with Gasteiger partial charge >= 0.3 is 0 Å². The summed E-state index contributed by atoms with van der Waals surface area (Å²) in [7, 11) is 0. The molecule has 0 bridgehead atoms. The second-order valence-electron chi connectivity index (χ2n) is 6.39. The lowest BCUT2D eigenvalue weighted by molar-refractivity contribution is -0.119. The van der Waals surface area contributed by atoms with Gasteiger partial charge in [-0.1, -0.05) is 11.6 Å². The van der Waals surface area contributed by atoms with Crippen LogP contribution in [0.3, 0.4) is 0 Å². The molecular weight excluding hydrogens is 408 g/mol. The van der Waals surface area contributed by atoms with E-state index in [0.717, 1.165) is 34.3 Å². The maximum atomic E-state index is 12.1. The van der Waals surface area contributed by atoms with Gasteiger partial charge in [0.15, 0.2) is 5.78 Å². The average molecular weight is 425 g/mol. The van der Waals surface area contributed by atoms with Crippen molar-refractivity contribution in [2.45, 2.75) is 13.3 Å². The molecule has 0 amide bonds. The molecule has 4 rings (SSSR count). The molecule has 5 nitrogen and oxygen atoms in total. The monoisotopic (exact) mass is 424 g/mol. The average Bonchev–Trinajstić information content (AvgIpc) is 3.26. The third-order valence-corrected chi connectivity index (χ3v) is 5.55. The molecule has 0 radical (unpaired) electrons. The van der Waals surface area contributed by atoms with Crippen molar-refractivity contribution in [1.29, 1.82) is 0 Å². The van der Waals surface area contributed by atoms with Gasteiger partial charge in [0.05, 0.1) is 29.3 Å². The fraction of sp³-hybridized carbons (Fsp3) is 0.136. The van der Waals surface area contributed by atoms with E-state index in [4.69, 9.17) is 21.4 Å². The van der Waals surface area contributed by atoms with E-state index in [-0.39, 0.29) is 17.3 Å². The maximum Gasteiger partial charge on any atom is 0.201 e. The largest absolute Gasteiger partial charge is 0.494 e. The number of ketones is 1. The Hall–Kier alpha value is -2.83. The van der Waals surface area contributed by atoms with E-state index in [0.29, 0.717) is 22.2 Å². The Labute approximate surface area is 177 Å². The van der Waals surface area contributed by atoms with Gasteiger partial charge in [-0.3, -0.25) is 9.59 Å². The number of benzene rings is 2. The molecule has 0 saturated carbocycles. The molecular formula is C22H17ClN2O3S. The zero-order chi connectivity index (χ0) is 20.4. The van der Waals surface area contributed by atoms with Gasteiger partial charge < -0.3 is 4.74 Å². The highest BCUT2D eigenvalue weighted by Crippen LogP contribution is 2.34. The molecule has 1 saturated heterocycles. The minimum absolute atomic E-state index is 0.0553. The summed E-state index contributed by atoms with van der Waals surface area (Å²) in [6.07, 6.45) is 3.53. The van der Waals surface area contributed by atoms with Gasteiger partial charge in [-0.2, -0.15) is 5.10 Å². The first kappa shape index (κ1) is 19.5. The fourth-order valence-electron chi connectivity index (χ4n) is 3.00. The van der Waals surface area contributed by atoms with Crippen LogP contribution < -0.4 is 4.74 Å². The van der Waals surface area contributed by atoms with Crippen molar-refractivity contribution >= 4 is 40.3 Å². The number of thioether (sulfide) groups is 1. The lowest BCUT2D eigenvalue weighted by atomic mass is 10.1. The summed E-state index contributed by atoms with van der Waals surface area (Å²) in [4.78, 5) is 24.2. The molecule has 1 aliphatic rings. The number of halogens is 1. The first-order chi connectivity index (χ1) is 14.0. The van der Waals surface area contributed by atoms with E-state index in [1.165, 1.54) is 0 Å². The zero-order valence-corrected chi connectivity index (χ0v) is 17.2. The smallest absolute Gasteiger partial charge is 0.201 e. The molecule has 1 aromatic heterocycles. The lowest BCUT2D eigenvalue weighted by Gasteiger charge is -2.04. The van der Waals surface area contributed by atoms with E-state index in [9.17, 15) is 9.59 Å². The molecule has 0 spiro atoms. The summed E-state index contributed by atoms with van der Waals surface area (Å²) in [5.41, 5.74) is 3.19. The summed E-state index contributed by atoms with van der Waals surface area (Å²) in [5.74, 6) is 0.622. The Morgan fingerprint density at radius 3 is 2.48 bits per heavy atom. The Morgan fingerprint density at radius 2 is 1.86 bits per heavy atom. The van der Waals surface area contributed by atoms with Gasteiger partial charge in [-0.25, -0.2) is 4.68 Å². The minimum Gasteiger partial charge on any atom is -0.494 e. The molecule has 0 N–H and O–H groups in total. The number of allylic oxidation sites excluding steroid dienone is 1. The van der Waals surface area contributed by atoms with Crippen LogP contribution in [0.4, 0.5) is 0 Å². The SMILES string of the molecule is CCOc1ccc(-c2nn(-c3ccc(Cl)cc3)cc2/C=C2\SC(=O)CC2=O)cc1. The van der Waals surface area contributed by atoms with Crippen LogP contribution in [0.15, 0.2) is 59.6 Å². The van der Waals surface area contributed by atoms with E-state index in [1.807, 2.05) is 49.5 Å². The first-order valence-corrected chi connectivity index (χ1v) is 10.3. The number of hydrogen-bond donors (Lipinski definition) is 0. The standard InChI is InChI=1S/C22H17ClN2O3S/c1-2-28-18-9-3-14(4-10-18)22-15(11-20-19(26)12-21(27)29-20)13-25(24-22)17-7-5-16(23)6-8-17/h3-11,13H,2,12H2,1H3/b20-11-. The van der Waals surface area contributed by atoms with Crippen LogP contribution in [0.1, 0.15) is 18.9 Å². The van der Waals surface area contributed by atoms with Crippen molar-refractivity contribution in [3.05, 3.63) is 70.2 Å². The van der Waals surface area contributed by atoms with Crippen LogP contribution in [0.25, 0.3) is 23.0 Å². The molecule has 0 aliphatic carbocycles. The second-order valence-corrected chi connectivity index (χ2v) is 7.93. The molecule has 7 heteroatoms. The highest BCUT2D eigenvalue weighted by Gasteiger charge is 2.26. The normalized spacial score (nSPS) is 15.3. The predicted molar refractivity (Wildman–Crippen MR) is 115 cm³/mol. The molecule has 2 heterocycles. The number of rotatable bonds is 5. The van der Waals surface area contributed by atoms with Crippen molar-refractivity contribution in [3.63, 3.8) is 0 Å². The van der Waals surface area contributed by atoms with E-state index in [2.05, 4.69) is 0 Å². The number of ether oxygens (including phenoxy) is 1. The molecule has 146 valence electrons. The highest BCUT2D eigenvalue weighted by molar-refractivity contribution is 8.18. The van der Waals surface area contributed by atoms with Gasteiger partial charge in [0.25, 0.3) is 0 Å². The number of nitrogens with zero attached hydrogens (tertiary/aromatic N) is 2. The lowest BCUT2D eigenvalue weighted by Crippen LogP contribution is -1.94. The van der Waals surface area contributed by atoms with Crippen molar-refractivity contribution in [2.24, 2.45) is 0 Å². The van der Waals surface area contributed by atoms with Gasteiger partial charge in [-0.15, -0.1) is 0 Å². The molecule has 0 unspecified atom stereocenters. The Kier molecular flexibility index (Phi) is 5.56. The number of Topliss-reactive ketones (excluding diaryl/α,β-unsaturated/α-hetero) is 1. The van der Waals surface area contributed by atoms with Crippen molar-refractivity contribution in [1.82, 2.24) is 9.78 Å². The summed E-state index contributed by atoms with van der Waals surface area (Å²) >= 11 is 6.98. The molecule has 1 aliphatic heterocycles. The first-order valence-electron chi connectivity index (χ1n) is 9.08. The number of carbonyl (C=O) groups excluding carboxylic acids is 2. The van der Waals surface area contributed by atoms with E-state index < -0.39 is 0 Å². The third-order valence-electron chi connectivity index (χ3n) is 4.36. The van der Waals surface area contributed by atoms with Crippen LogP contribution in [-0.4, -0.2) is 27.3 Å². The Bertz CT molecular complexity index is 1100. The minimum atomic E-state index is -0.156. The summed E-state index contributed by atoms with van der Waals surface area (Å²) < 4.78 is 7.25. The van der Waals surface area contributed by atoms with E-state index in [1.54, 1.807) is 22.9 Å². The number of carbonyl (C=O) groups is 2. The third kappa shape index (κ3) is 4.28. The van der Waals surface area contributed by atoms with E-state index >= 15 is 0 Å².